The molecule has 0 aliphatic carbocycles. The molecule has 0 saturated heterocycles. The Hall–Kier alpha value is -1.05. The SMILES string of the molecule is CCOc1ncccc1CC(C)C. The van der Waals surface area contributed by atoms with Crippen LogP contribution in [0.15, 0.2) is 18.3 Å². The first-order valence-corrected chi connectivity index (χ1v) is 4.80. The lowest BCUT2D eigenvalue weighted by molar-refractivity contribution is 0.321. The molecule has 0 unspecified atom stereocenters. The summed E-state index contributed by atoms with van der Waals surface area (Å²) < 4.78 is 5.43. The number of hydrogen-bond donors (Lipinski definition) is 0. The highest BCUT2D eigenvalue weighted by Gasteiger charge is 2.05. The molecule has 0 saturated carbocycles. The van der Waals surface area contributed by atoms with Gasteiger partial charge in [-0.1, -0.05) is 19.9 Å². The lowest BCUT2D eigenvalue weighted by atomic mass is 10.0. The van der Waals surface area contributed by atoms with Gasteiger partial charge in [0.15, 0.2) is 0 Å². The van der Waals surface area contributed by atoms with Crippen LogP contribution in [0.5, 0.6) is 5.88 Å². The molecule has 13 heavy (non-hydrogen) atoms. The number of ether oxygens (including phenoxy) is 1. The minimum atomic E-state index is 0.642. The van der Waals surface area contributed by atoms with Crippen molar-refractivity contribution in [1.82, 2.24) is 4.98 Å². The normalized spacial score (nSPS) is 10.5. The van der Waals surface area contributed by atoms with E-state index < -0.39 is 0 Å². The second kappa shape index (κ2) is 4.85. The molecule has 1 aromatic heterocycles. The van der Waals surface area contributed by atoms with E-state index in [1.165, 1.54) is 5.56 Å². The average Bonchev–Trinajstić information content (AvgIpc) is 2.08. The first kappa shape index (κ1) is 10.0. The van der Waals surface area contributed by atoms with E-state index in [2.05, 4.69) is 24.9 Å². The van der Waals surface area contributed by atoms with Gasteiger partial charge in [-0.05, 0) is 25.3 Å². The Labute approximate surface area is 80.0 Å². The highest BCUT2D eigenvalue weighted by molar-refractivity contribution is 5.25. The van der Waals surface area contributed by atoms with Gasteiger partial charge >= 0.3 is 0 Å². The molecule has 2 heteroatoms. The predicted octanol–water partition coefficient (Wildman–Crippen LogP) is 2.68. The van der Waals surface area contributed by atoms with E-state index in [4.69, 9.17) is 4.74 Å². The molecular formula is C11H17NO. The molecular weight excluding hydrogens is 162 g/mol. The number of aromatic nitrogens is 1. The van der Waals surface area contributed by atoms with Crippen LogP contribution in [-0.2, 0) is 6.42 Å². The average molecular weight is 179 g/mol. The maximum absolute atomic E-state index is 5.43. The lowest BCUT2D eigenvalue weighted by Crippen LogP contribution is -2.01. The van der Waals surface area contributed by atoms with Gasteiger partial charge in [-0.25, -0.2) is 4.98 Å². The third-order valence-electron chi connectivity index (χ3n) is 1.76. The molecule has 0 radical (unpaired) electrons. The maximum Gasteiger partial charge on any atom is 0.216 e. The molecule has 0 atom stereocenters. The number of nitrogens with zero attached hydrogens (tertiary/aromatic N) is 1. The van der Waals surface area contributed by atoms with E-state index in [9.17, 15) is 0 Å². The van der Waals surface area contributed by atoms with Gasteiger partial charge in [0.25, 0.3) is 0 Å². The summed E-state index contributed by atoms with van der Waals surface area (Å²) in [5, 5.41) is 0. The monoisotopic (exact) mass is 179 g/mol. The van der Waals surface area contributed by atoms with Crippen LogP contribution in [-0.4, -0.2) is 11.6 Å². The zero-order valence-corrected chi connectivity index (χ0v) is 8.58. The van der Waals surface area contributed by atoms with E-state index in [0.717, 1.165) is 12.3 Å². The summed E-state index contributed by atoms with van der Waals surface area (Å²) in [6.45, 7) is 7.06. The fourth-order valence-electron chi connectivity index (χ4n) is 1.29. The second-order valence-corrected chi connectivity index (χ2v) is 3.50. The van der Waals surface area contributed by atoms with Crippen LogP contribution in [0.4, 0.5) is 0 Å². The van der Waals surface area contributed by atoms with Crippen LogP contribution in [0.3, 0.4) is 0 Å². The fourth-order valence-corrected chi connectivity index (χ4v) is 1.29. The molecule has 0 bridgehead atoms. The molecule has 0 amide bonds. The molecule has 1 aromatic rings. The Morgan fingerprint density at radius 1 is 1.46 bits per heavy atom. The molecule has 2 nitrogen and oxygen atoms in total. The Morgan fingerprint density at radius 2 is 2.23 bits per heavy atom. The van der Waals surface area contributed by atoms with Crippen molar-refractivity contribution in [3.05, 3.63) is 23.9 Å². The van der Waals surface area contributed by atoms with Crippen LogP contribution in [0, 0.1) is 5.92 Å². The van der Waals surface area contributed by atoms with Crippen molar-refractivity contribution in [2.45, 2.75) is 27.2 Å². The standard InChI is InChI=1S/C11H17NO/c1-4-13-11-10(8-9(2)3)6-5-7-12-11/h5-7,9H,4,8H2,1-3H3. The molecule has 0 fully saturated rings. The zero-order chi connectivity index (χ0) is 9.68. The summed E-state index contributed by atoms with van der Waals surface area (Å²) in [4.78, 5) is 4.20. The van der Waals surface area contributed by atoms with Crippen LogP contribution >= 0.6 is 0 Å². The Bertz CT molecular complexity index is 258. The van der Waals surface area contributed by atoms with Crippen LogP contribution in [0.1, 0.15) is 26.3 Å². The van der Waals surface area contributed by atoms with E-state index in [-0.39, 0.29) is 0 Å². The summed E-state index contributed by atoms with van der Waals surface area (Å²) in [5.74, 6) is 1.43. The molecule has 0 N–H and O–H groups in total. The van der Waals surface area contributed by atoms with Crippen LogP contribution in [0.2, 0.25) is 0 Å². The summed E-state index contributed by atoms with van der Waals surface area (Å²) >= 11 is 0. The molecule has 72 valence electrons. The Kier molecular flexibility index (Phi) is 3.74. The number of rotatable bonds is 4. The first-order chi connectivity index (χ1) is 6.24. The lowest BCUT2D eigenvalue weighted by Gasteiger charge is -2.09. The first-order valence-electron chi connectivity index (χ1n) is 4.80. The molecule has 0 spiro atoms. The van der Waals surface area contributed by atoms with Crippen molar-refractivity contribution in [3.8, 4) is 5.88 Å². The molecule has 0 aliphatic rings. The number of pyridine rings is 1. The smallest absolute Gasteiger partial charge is 0.216 e. The van der Waals surface area contributed by atoms with Gasteiger partial charge in [-0.15, -0.1) is 0 Å². The van der Waals surface area contributed by atoms with E-state index in [0.29, 0.717) is 12.5 Å². The van der Waals surface area contributed by atoms with Crippen molar-refractivity contribution < 1.29 is 4.74 Å². The van der Waals surface area contributed by atoms with Crippen molar-refractivity contribution in [1.29, 1.82) is 0 Å². The quantitative estimate of drug-likeness (QED) is 0.709. The molecule has 0 aliphatic heterocycles. The maximum atomic E-state index is 5.43. The van der Waals surface area contributed by atoms with Crippen molar-refractivity contribution >= 4 is 0 Å². The van der Waals surface area contributed by atoms with Gasteiger partial charge in [0.05, 0.1) is 6.61 Å². The third-order valence-corrected chi connectivity index (χ3v) is 1.76. The van der Waals surface area contributed by atoms with Gasteiger partial charge in [-0.3, -0.25) is 0 Å². The van der Waals surface area contributed by atoms with E-state index in [1.54, 1.807) is 6.20 Å². The largest absolute Gasteiger partial charge is 0.478 e. The topological polar surface area (TPSA) is 22.1 Å². The van der Waals surface area contributed by atoms with Crippen molar-refractivity contribution in [2.75, 3.05) is 6.61 Å². The van der Waals surface area contributed by atoms with Gasteiger partial charge in [0.1, 0.15) is 0 Å². The minimum absolute atomic E-state index is 0.642. The Balaban J connectivity index is 2.78. The predicted molar refractivity (Wildman–Crippen MR) is 53.9 cm³/mol. The highest BCUT2D eigenvalue weighted by atomic mass is 16.5. The summed E-state index contributed by atoms with van der Waals surface area (Å²) in [6, 6.07) is 4.04. The summed E-state index contributed by atoms with van der Waals surface area (Å²) in [6.07, 6.45) is 2.80. The summed E-state index contributed by atoms with van der Waals surface area (Å²) in [7, 11) is 0. The van der Waals surface area contributed by atoms with Gasteiger partial charge < -0.3 is 4.74 Å². The van der Waals surface area contributed by atoms with Crippen molar-refractivity contribution in [2.24, 2.45) is 5.92 Å². The number of hydrogen-bond acceptors (Lipinski definition) is 2. The van der Waals surface area contributed by atoms with E-state index in [1.807, 2.05) is 13.0 Å². The fraction of sp³-hybridized carbons (Fsp3) is 0.545. The van der Waals surface area contributed by atoms with Gasteiger partial charge in [0.2, 0.25) is 5.88 Å². The van der Waals surface area contributed by atoms with E-state index >= 15 is 0 Å². The molecule has 1 rings (SSSR count). The third kappa shape index (κ3) is 3.05. The van der Waals surface area contributed by atoms with Crippen molar-refractivity contribution in [3.63, 3.8) is 0 Å². The van der Waals surface area contributed by atoms with Gasteiger partial charge in [-0.2, -0.15) is 0 Å². The minimum Gasteiger partial charge on any atom is -0.478 e. The molecule has 0 aromatic carbocycles. The van der Waals surface area contributed by atoms with Crippen LogP contribution in [0.25, 0.3) is 0 Å². The van der Waals surface area contributed by atoms with Gasteiger partial charge in [0, 0.05) is 11.8 Å². The zero-order valence-electron chi connectivity index (χ0n) is 8.58. The van der Waals surface area contributed by atoms with Crippen LogP contribution < -0.4 is 4.74 Å². The summed E-state index contributed by atoms with van der Waals surface area (Å²) in [5.41, 5.74) is 1.21. The second-order valence-electron chi connectivity index (χ2n) is 3.50. The Morgan fingerprint density at radius 3 is 2.85 bits per heavy atom. The highest BCUT2D eigenvalue weighted by Crippen LogP contribution is 2.17. The molecule has 1 heterocycles.